The number of alkyl halides is 3. The average molecular weight is 424 g/mol. The fraction of sp³-hybridized carbons (Fsp3) is 0.263. The van der Waals surface area contributed by atoms with Crippen LogP contribution in [0, 0.1) is 20.8 Å². The second kappa shape index (κ2) is 7.51. The number of aromatic nitrogens is 3. The maximum absolute atomic E-state index is 12.8. The minimum Gasteiger partial charge on any atom is -0.246 e. The Kier molecular flexibility index (Phi) is 5.40. The molecule has 3 rings (SSSR count). The van der Waals surface area contributed by atoms with Gasteiger partial charge in [-0.15, -0.1) is 5.10 Å². The standard InChI is InChI=1S/C19H19F3N4O2S/c1-12-7-13(2)17(14(3)8-12)29(27,28)25-18-23-11-26(24-18)10-15-5-4-6-16(9-15)19(20,21)22/h4-9,11H,10H2,1-3H3,(H,24,25). The summed E-state index contributed by atoms with van der Waals surface area (Å²) in [7, 11) is -3.91. The van der Waals surface area contributed by atoms with Crippen LogP contribution in [0.5, 0.6) is 0 Å². The monoisotopic (exact) mass is 424 g/mol. The summed E-state index contributed by atoms with van der Waals surface area (Å²) in [6.45, 7) is 5.30. The highest BCUT2D eigenvalue weighted by Gasteiger charge is 2.30. The molecule has 0 amide bonds. The molecule has 6 nitrogen and oxygen atoms in total. The number of nitrogens with one attached hydrogen (secondary N) is 1. The van der Waals surface area contributed by atoms with E-state index in [1.165, 1.54) is 23.1 Å². The lowest BCUT2D eigenvalue weighted by atomic mass is 10.1. The minimum absolute atomic E-state index is 0.0151. The molecule has 0 aliphatic rings. The van der Waals surface area contributed by atoms with Crippen molar-refractivity contribution in [1.29, 1.82) is 0 Å². The lowest BCUT2D eigenvalue weighted by molar-refractivity contribution is -0.137. The summed E-state index contributed by atoms with van der Waals surface area (Å²) >= 11 is 0. The van der Waals surface area contributed by atoms with Crippen LogP contribution in [0.15, 0.2) is 47.6 Å². The van der Waals surface area contributed by atoms with Crippen LogP contribution < -0.4 is 4.72 Å². The number of nitrogens with zero attached hydrogens (tertiary/aromatic N) is 3. The van der Waals surface area contributed by atoms with E-state index in [-0.39, 0.29) is 17.4 Å². The largest absolute Gasteiger partial charge is 0.416 e. The Labute approximate surface area is 166 Å². The zero-order chi connectivity index (χ0) is 21.4. The molecular weight excluding hydrogens is 405 g/mol. The van der Waals surface area contributed by atoms with Crippen molar-refractivity contribution in [2.24, 2.45) is 0 Å². The van der Waals surface area contributed by atoms with E-state index in [0.717, 1.165) is 17.7 Å². The summed E-state index contributed by atoms with van der Waals surface area (Å²) in [4.78, 5) is 4.06. The van der Waals surface area contributed by atoms with Crippen molar-refractivity contribution in [3.05, 3.63) is 70.5 Å². The number of benzene rings is 2. The van der Waals surface area contributed by atoms with Gasteiger partial charge in [0, 0.05) is 0 Å². The fourth-order valence-electron chi connectivity index (χ4n) is 3.21. The normalized spacial score (nSPS) is 12.2. The maximum Gasteiger partial charge on any atom is 0.416 e. The Morgan fingerprint density at radius 1 is 1.07 bits per heavy atom. The average Bonchev–Trinajstić information content (AvgIpc) is 2.99. The van der Waals surface area contributed by atoms with Crippen LogP contribution in [0.25, 0.3) is 0 Å². The highest BCUT2D eigenvalue weighted by atomic mass is 32.2. The molecular formula is C19H19F3N4O2S. The molecule has 0 spiro atoms. The van der Waals surface area contributed by atoms with Crippen molar-refractivity contribution in [3.63, 3.8) is 0 Å². The van der Waals surface area contributed by atoms with Gasteiger partial charge in [-0.2, -0.15) is 18.2 Å². The Morgan fingerprint density at radius 3 is 2.34 bits per heavy atom. The predicted molar refractivity (Wildman–Crippen MR) is 102 cm³/mol. The Balaban J connectivity index is 1.81. The van der Waals surface area contributed by atoms with Gasteiger partial charge in [0.05, 0.1) is 17.0 Å². The van der Waals surface area contributed by atoms with E-state index in [1.54, 1.807) is 26.0 Å². The number of rotatable bonds is 5. The number of hydrogen-bond acceptors (Lipinski definition) is 4. The lowest BCUT2D eigenvalue weighted by Crippen LogP contribution is -2.17. The second-order valence-corrected chi connectivity index (χ2v) is 8.42. The first-order valence-electron chi connectivity index (χ1n) is 8.62. The smallest absolute Gasteiger partial charge is 0.246 e. The molecule has 0 atom stereocenters. The van der Waals surface area contributed by atoms with Crippen molar-refractivity contribution in [1.82, 2.24) is 14.8 Å². The molecule has 3 aromatic rings. The predicted octanol–water partition coefficient (Wildman–Crippen LogP) is 4.07. The maximum atomic E-state index is 12.8. The summed E-state index contributed by atoms with van der Waals surface area (Å²) in [5, 5.41) is 4.02. The Morgan fingerprint density at radius 2 is 1.72 bits per heavy atom. The molecule has 0 fully saturated rings. The minimum atomic E-state index is -4.44. The molecule has 29 heavy (non-hydrogen) atoms. The summed E-state index contributed by atoms with van der Waals surface area (Å²) < 4.78 is 67.6. The molecule has 154 valence electrons. The van der Waals surface area contributed by atoms with Crippen molar-refractivity contribution >= 4 is 16.0 Å². The first-order valence-corrected chi connectivity index (χ1v) is 10.1. The number of hydrogen-bond donors (Lipinski definition) is 1. The zero-order valence-corrected chi connectivity index (χ0v) is 16.8. The molecule has 0 bridgehead atoms. The summed E-state index contributed by atoms with van der Waals surface area (Å²) in [5.74, 6) is -0.156. The van der Waals surface area contributed by atoms with Gasteiger partial charge in [-0.05, 0) is 49.6 Å². The molecule has 10 heteroatoms. The topological polar surface area (TPSA) is 76.9 Å². The van der Waals surface area contributed by atoms with Crippen molar-refractivity contribution in [3.8, 4) is 0 Å². The highest BCUT2D eigenvalue weighted by molar-refractivity contribution is 7.92. The van der Waals surface area contributed by atoms with Gasteiger partial charge in [0.1, 0.15) is 6.33 Å². The number of aryl methyl sites for hydroxylation is 3. The van der Waals surface area contributed by atoms with E-state index < -0.39 is 21.8 Å². The third-order valence-electron chi connectivity index (χ3n) is 4.23. The van der Waals surface area contributed by atoms with Crippen molar-refractivity contribution in [2.75, 3.05) is 4.72 Å². The van der Waals surface area contributed by atoms with Gasteiger partial charge in [0.25, 0.3) is 16.0 Å². The molecule has 0 saturated heterocycles. The molecule has 0 radical (unpaired) electrons. The Hall–Kier alpha value is -2.88. The van der Waals surface area contributed by atoms with Crippen LogP contribution in [0.4, 0.5) is 19.1 Å². The van der Waals surface area contributed by atoms with Crippen LogP contribution in [-0.2, 0) is 22.7 Å². The number of anilines is 1. The van der Waals surface area contributed by atoms with Gasteiger partial charge >= 0.3 is 6.18 Å². The van der Waals surface area contributed by atoms with Crippen LogP contribution in [0.1, 0.15) is 27.8 Å². The van der Waals surface area contributed by atoms with E-state index in [9.17, 15) is 21.6 Å². The molecule has 0 aliphatic carbocycles. The van der Waals surface area contributed by atoms with Crippen LogP contribution in [0.3, 0.4) is 0 Å². The molecule has 1 N–H and O–H groups in total. The van der Waals surface area contributed by atoms with Gasteiger partial charge in [-0.3, -0.25) is 0 Å². The van der Waals surface area contributed by atoms with E-state index >= 15 is 0 Å². The van der Waals surface area contributed by atoms with E-state index in [4.69, 9.17) is 0 Å². The third kappa shape index (κ3) is 4.76. The highest BCUT2D eigenvalue weighted by Crippen LogP contribution is 2.29. The van der Waals surface area contributed by atoms with Gasteiger partial charge < -0.3 is 0 Å². The molecule has 0 saturated carbocycles. The molecule has 1 heterocycles. The van der Waals surface area contributed by atoms with Gasteiger partial charge in [0.2, 0.25) is 0 Å². The van der Waals surface area contributed by atoms with Crippen molar-refractivity contribution < 1.29 is 21.6 Å². The quantitative estimate of drug-likeness (QED) is 0.670. The van der Waals surface area contributed by atoms with Gasteiger partial charge in [-0.25, -0.2) is 17.8 Å². The summed E-state index contributed by atoms with van der Waals surface area (Å²) in [5.41, 5.74) is 1.74. The van der Waals surface area contributed by atoms with E-state index in [0.29, 0.717) is 16.7 Å². The van der Waals surface area contributed by atoms with E-state index in [2.05, 4.69) is 14.8 Å². The third-order valence-corrected chi connectivity index (χ3v) is 5.87. The molecule has 2 aromatic carbocycles. The summed E-state index contributed by atoms with van der Waals surface area (Å²) in [6.07, 6.45) is -3.18. The van der Waals surface area contributed by atoms with Crippen molar-refractivity contribution in [2.45, 2.75) is 38.4 Å². The molecule has 0 unspecified atom stereocenters. The van der Waals surface area contributed by atoms with Gasteiger partial charge in [-0.1, -0.05) is 29.8 Å². The summed E-state index contributed by atoms with van der Waals surface area (Å²) in [6, 6.07) is 8.37. The van der Waals surface area contributed by atoms with E-state index in [1.807, 2.05) is 6.92 Å². The van der Waals surface area contributed by atoms with Crippen LogP contribution >= 0.6 is 0 Å². The molecule has 1 aromatic heterocycles. The fourth-order valence-corrected chi connectivity index (χ4v) is 4.61. The SMILES string of the molecule is Cc1cc(C)c(S(=O)(=O)Nc2ncn(Cc3cccc(C(F)(F)F)c3)n2)c(C)c1. The lowest BCUT2D eigenvalue weighted by Gasteiger charge is -2.12. The first-order chi connectivity index (χ1) is 13.5. The second-order valence-electron chi connectivity index (χ2n) is 6.80. The van der Waals surface area contributed by atoms with Crippen LogP contribution in [0.2, 0.25) is 0 Å². The Bertz CT molecular complexity index is 1130. The number of halogens is 3. The number of sulfonamides is 1. The first kappa shape index (κ1) is 20.8. The molecule has 0 aliphatic heterocycles. The van der Waals surface area contributed by atoms with Gasteiger partial charge in [0.15, 0.2) is 0 Å². The zero-order valence-electron chi connectivity index (χ0n) is 15.9. The van der Waals surface area contributed by atoms with Crippen LogP contribution in [-0.4, -0.2) is 23.2 Å².